The number of hydrogen-bond acceptors (Lipinski definition) is 2. The molecule has 0 aliphatic carbocycles. The van der Waals surface area contributed by atoms with Crippen molar-refractivity contribution < 1.29 is 4.74 Å². The predicted molar refractivity (Wildman–Crippen MR) is 74.0 cm³/mol. The van der Waals surface area contributed by atoms with E-state index in [-0.39, 0.29) is 0 Å². The fraction of sp³-hybridized carbons (Fsp3) is 0.400. The van der Waals surface area contributed by atoms with Gasteiger partial charge in [-0.15, -0.1) is 0 Å². The van der Waals surface area contributed by atoms with Gasteiger partial charge < -0.3 is 4.74 Å². The third-order valence-electron chi connectivity index (χ3n) is 3.30. The summed E-state index contributed by atoms with van der Waals surface area (Å²) in [6.45, 7) is 6.47. The number of nitrogens with zero attached hydrogens (tertiary/aromatic N) is 2. The van der Waals surface area contributed by atoms with Crippen LogP contribution in [0.5, 0.6) is 5.75 Å². The third kappa shape index (κ3) is 2.13. The van der Waals surface area contributed by atoms with Crippen molar-refractivity contribution in [3.05, 3.63) is 35.5 Å². The Kier molecular flexibility index (Phi) is 3.41. The van der Waals surface area contributed by atoms with Crippen molar-refractivity contribution in [3.63, 3.8) is 0 Å². The first-order chi connectivity index (χ1) is 8.54. The van der Waals surface area contributed by atoms with Crippen LogP contribution in [0, 0.1) is 6.92 Å². The molecule has 3 nitrogen and oxygen atoms in total. The molecule has 0 spiro atoms. The molecule has 1 heterocycles. The molecule has 2 rings (SSSR count). The highest BCUT2D eigenvalue weighted by molar-refractivity contribution is 5.67. The van der Waals surface area contributed by atoms with Crippen molar-refractivity contribution in [2.24, 2.45) is 7.05 Å². The molecular weight excluding hydrogens is 224 g/mol. The lowest BCUT2D eigenvalue weighted by molar-refractivity contribution is 0.407. The van der Waals surface area contributed by atoms with E-state index in [1.54, 1.807) is 7.11 Å². The van der Waals surface area contributed by atoms with Crippen LogP contribution < -0.4 is 4.74 Å². The number of methoxy groups -OCH3 is 1. The first-order valence-corrected chi connectivity index (χ1v) is 6.21. The smallest absolute Gasteiger partial charge is 0.122 e. The van der Waals surface area contributed by atoms with Gasteiger partial charge in [-0.05, 0) is 42.2 Å². The molecule has 0 radical (unpaired) electrons. The second kappa shape index (κ2) is 4.84. The Morgan fingerprint density at radius 2 is 2.00 bits per heavy atom. The van der Waals surface area contributed by atoms with Crippen molar-refractivity contribution in [3.8, 4) is 17.0 Å². The van der Waals surface area contributed by atoms with Crippen LogP contribution in [0.25, 0.3) is 11.3 Å². The summed E-state index contributed by atoms with van der Waals surface area (Å²) >= 11 is 0. The Morgan fingerprint density at radius 1 is 1.28 bits per heavy atom. The van der Waals surface area contributed by atoms with Gasteiger partial charge >= 0.3 is 0 Å². The van der Waals surface area contributed by atoms with Crippen LogP contribution in [-0.2, 0) is 7.05 Å². The molecule has 2 aromatic rings. The molecule has 0 saturated carbocycles. The lowest BCUT2D eigenvalue weighted by Crippen LogP contribution is -2.00. The number of ether oxygens (including phenoxy) is 1. The quantitative estimate of drug-likeness (QED) is 0.826. The summed E-state index contributed by atoms with van der Waals surface area (Å²) in [6.07, 6.45) is 1.83. The molecule has 1 aromatic carbocycles. The van der Waals surface area contributed by atoms with E-state index in [4.69, 9.17) is 4.74 Å². The zero-order chi connectivity index (χ0) is 13.3. The fourth-order valence-electron chi connectivity index (χ4n) is 2.24. The lowest BCUT2D eigenvalue weighted by atomic mass is 9.95. The average Bonchev–Trinajstić information content (AvgIpc) is 2.74. The maximum atomic E-state index is 5.47. The molecule has 0 atom stereocenters. The van der Waals surface area contributed by atoms with Gasteiger partial charge in [0.25, 0.3) is 0 Å². The normalized spacial score (nSPS) is 11.0. The van der Waals surface area contributed by atoms with Gasteiger partial charge in [-0.25, -0.2) is 0 Å². The van der Waals surface area contributed by atoms with E-state index in [1.165, 1.54) is 16.7 Å². The van der Waals surface area contributed by atoms with Crippen LogP contribution in [0.3, 0.4) is 0 Å². The van der Waals surface area contributed by atoms with Crippen LogP contribution in [-0.4, -0.2) is 16.9 Å². The molecule has 0 bridgehead atoms. The molecule has 0 unspecified atom stereocenters. The monoisotopic (exact) mass is 244 g/mol. The SMILES string of the molecule is COc1cc(C)c(-c2ccnn2C)cc1C(C)C. The van der Waals surface area contributed by atoms with Gasteiger partial charge in [-0.2, -0.15) is 5.10 Å². The molecule has 0 amide bonds. The minimum atomic E-state index is 0.438. The van der Waals surface area contributed by atoms with E-state index in [0.717, 1.165) is 11.4 Å². The Labute approximate surface area is 108 Å². The maximum absolute atomic E-state index is 5.47. The summed E-state index contributed by atoms with van der Waals surface area (Å²) in [6, 6.07) is 6.37. The third-order valence-corrected chi connectivity index (χ3v) is 3.30. The first kappa shape index (κ1) is 12.7. The van der Waals surface area contributed by atoms with Crippen LogP contribution in [0.15, 0.2) is 24.4 Å². The maximum Gasteiger partial charge on any atom is 0.122 e. The topological polar surface area (TPSA) is 27.1 Å². The molecule has 3 heteroatoms. The Hall–Kier alpha value is -1.77. The number of aryl methyl sites for hydroxylation is 2. The molecule has 18 heavy (non-hydrogen) atoms. The molecule has 1 aromatic heterocycles. The molecule has 0 aliphatic heterocycles. The molecule has 96 valence electrons. The first-order valence-electron chi connectivity index (χ1n) is 6.21. The van der Waals surface area contributed by atoms with E-state index in [2.05, 4.69) is 38.0 Å². The molecule has 0 fully saturated rings. The molecule has 0 aliphatic rings. The van der Waals surface area contributed by atoms with Gasteiger partial charge in [0.05, 0.1) is 12.8 Å². The zero-order valence-electron chi connectivity index (χ0n) is 11.7. The Bertz CT molecular complexity index is 556. The van der Waals surface area contributed by atoms with Crippen LogP contribution >= 0.6 is 0 Å². The van der Waals surface area contributed by atoms with Crippen molar-refractivity contribution in [1.29, 1.82) is 0 Å². The van der Waals surface area contributed by atoms with Gasteiger partial charge in [-0.3, -0.25) is 4.68 Å². The van der Waals surface area contributed by atoms with E-state index in [0.29, 0.717) is 5.92 Å². The minimum Gasteiger partial charge on any atom is -0.496 e. The van der Waals surface area contributed by atoms with Gasteiger partial charge in [0.1, 0.15) is 5.75 Å². The van der Waals surface area contributed by atoms with E-state index < -0.39 is 0 Å². The Morgan fingerprint density at radius 3 is 2.50 bits per heavy atom. The minimum absolute atomic E-state index is 0.438. The van der Waals surface area contributed by atoms with Crippen molar-refractivity contribution >= 4 is 0 Å². The van der Waals surface area contributed by atoms with E-state index in [9.17, 15) is 0 Å². The van der Waals surface area contributed by atoms with Crippen molar-refractivity contribution in [1.82, 2.24) is 9.78 Å². The molecule has 0 saturated heterocycles. The second-order valence-corrected chi connectivity index (χ2v) is 4.90. The number of benzene rings is 1. The summed E-state index contributed by atoms with van der Waals surface area (Å²) in [7, 11) is 3.69. The van der Waals surface area contributed by atoms with E-state index >= 15 is 0 Å². The second-order valence-electron chi connectivity index (χ2n) is 4.90. The number of aromatic nitrogens is 2. The van der Waals surface area contributed by atoms with Gasteiger partial charge in [0.15, 0.2) is 0 Å². The largest absolute Gasteiger partial charge is 0.496 e. The number of hydrogen-bond donors (Lipinski definition) is 0. The fourth-order valence-corrected chi connectivity index (χ4v) is 2.24. The highest BCUT2D eigenvalue weighted by atomic mass is 16.5. The Balaban J connectivity index is 2.62. The van der Waals surface area contributed by atoms with Crippen LogP contribution in [0.2, 0.25) is 0 Å². The summed E-state index contributed by atoms with van der Waals surface area (Å²) in [4.78, 5) is 0. The average molecular weight is 244 g/mol. The van der Waals surface area contributed by atoms with Crippen molar-refractivity contribution in [2.75, 3.05) is 7.11 Å². The number of rotatable bonds is 3. The summed E-state index contributed by atoms with van der Waals surface area (Å²) in [5.41, 5.74) is 4.80. The van der Waals surface area contributed by atoms with Gasteiger partial charge in [0, 0.05) is 18.8 Å². The lowest BCUT2D eigenvalue weighted by Gasteiger charge is -2.16. The summed E-state index contributed by atoms with van der Waals surface area (Å²) in [5, 5.41) is 4.24. The summed E-state index contributed by atoms with van der Waals surface area (Å²) < 4.78 is 7.37. The standard InChI is InChI=1S/C15H20N2O/c1-10(2)12-9-13(11(3)8-15(12)18-5)14-6-7-16-17(14)4/h6-10H,1-5H3. The van der Waals surface area contributed by atoms with Crippen LogP contribution in [0.4, 0.5) is 0 Å². The molecule has 0 N–H and O–H groups in total. The van der Waals surface area contributed by atoms with Gasteiger partial charge in [-0.1, -0.05) is 13.8 Å². The highest BCUT2D eigenvalue weighted by Gasteiger charge is 2.13. The van der Waals surface area contributed by atoms with E-state index in [1.807, 2.05) is 24.0 Å². The van der Waals surface area contributed by atoms with Gasteiger partial charge in [0.2, 0.25) is 0 Å². The van der Waals surface area contributed by atoms with Crippen molar-refractivity contribution in [2.45, 2.75) is 26.7 Å². The molecular formula is C15H20N2O. The highest BCUT2D eigenvalue weighted by Crippen LogP contribution is 2.34. The summed E-state index contributed by atoms with van der Waals surface area (Å²) in [5.74, 6) is 1.40. The zero-order valence-corrected chi connectivity index (χ0v) is 11.7. The predicted octanol–water partition coefficient (Wildman–Crippen LogP) is 3.53. The van der Waals surface area contributed by atoms with Crippen LogP contribution in [0.1, 0.15) is 30.9 Å².